The summed E-state index contributed by atoms with van der Waals surface area (Å²) in [4.78, 5) is 2.41. The Morgan fingerprint density at radius 2 is 1.04 bits per heavy atom. The van der Waals surface area contributed by atoms with Gasteiger partial charge in [0.1, 0.15) is 0 Å². The van der Waals surface area contributed by atoms with Crippen LogP contribution in [-0.2, 0) is 30.4 Å². The van der Waals surface area contributed by atoms with Crippen molar-refractivity contribution in [3.8, 4) is 44.6 Å². The fourth-order valence-corrected chi connectivity index (χ4v) is 10.7. The molecule has 3 heteroatoms. The zero-order chi connectivity index (χ0) is 46.2. The average Bonchev–Trinajstić information content (AvgIpc) is 3.78. The van der Waals surface area contributed by atoms with Crippen molar-refractivity contribution in [2.45, 2.75) is 72.5 Å². The highest BCUT2D eigenvalue weighted by molar-refractivity contribution is 6.04. The van der Waals surface area contributed by atoms with Gasteiger partial charge in [0, 0.05) is 46.0 Å². The zero-order valence-corrected chi connectivity index (χ0v) is 40.1. The fraction of sp³-hybridized carbons (Fsp3) is 0.219. The molecule has 0 saturated heterocycles. The van der Waals surface area contributed by atoms with Crippen molar-refractivity contribution < 1.29 is 4.74 Å². The molecule has 1 aliphatic carbocycles. The molecular weight excluding hydrogens is 813 g/mol. The summed E-state index contributed by atoms with van der Waals surface area (Å²) in [5.74, 6) is 1.91. The van der Waals surface area contributed by atoms with E-state index in [-0.39, 0.29) is 5.41 Å². The van der Waals surface area contributed by atoms with Crippen molar-refractivity contribution in [3.05, 3.63) is 222 Å². The van der Waals surface area contributed by atoms with Crippen LogP contribution < -0.4 is 4.90 Å². The maximum atomic E-state index is 6.22. The van der Waals surface area contributed by atoms with E-state index in [1.165, 1.54) is 89.8 Å². The van der Waals surface area contributed by atoms with Gasteiger partial charge in [0.2, 0.25) is 0 Å². The number of aromatic nitrogens is 1. The van der Waals surface area contributed by atoms with E-state index >= 15 is 0 Å². The smallest absolute Gasteiger partial charge is 0.0721 e. The largest absolute Gasteiger partial charge is 0.372 e. The number of para-hydroxylation sites is 1. The van der Waals surface area contributed by atoms with Gasteiger partial charge in [-0.15, -0.1) is 0 Å². The van der Waals surface area contributed by atoms with Crippen LogP contribution in [0.2, 0.25) is 0 Å². The van der Waals surface area contributed by atoms with E-state index in [2.05, 4.69) is 252 Å². The van der Waals surface area contributed by atoms with E-state index in [4.69, 9.17) is 4.74 Å². The molecule has 0 spiro atoms. The van der Waals surface area contributed by atoms with Crippen molar-refractivity contribution in [1.29, 1.82) is 0 Å². The van der Waals surface area contributed by atoms with Gasteiger partial charge >= 0.3 is 0 Å². The van der Waals surface area contributed by atoms with Crippen molar-refractivity contribution in [1.82, 2.24) is 4.57 Å². The third-order valence-electron chi connectivity index (χ3n) is 14.3. The number of fused-ring (bicyclic) bond motifs is 4. The number of nitrogens with zero attached hydrogens (tertiary/aromatic N) is 2. The molecule has 10 rings (SSSR count). The fourth-order valence-electron chi connectivity index (χ4n) is 10.7. The third-order valence-corrected chi connectivity index (χ3v) is 14.3. The van der Waals surface area contributed by atoms with Gasteiger partial charge in [0.05, 0.1) is 18.9 Å². The maximum Gasteiger partial charge on any atom is 0.0721 e. The second-order valence-corrected chi connectivity index (χ2v) is 19.9. The van der Waals surface area contributed by atoms with E-state index < -0.39 is 0 Å². The standard InChI is InChI=1S/C64H62N2O/c1-43(2)39-58(44(3)4)49-27-23-46(24-28-49)42-67-41-45-21-25-47(26-22-45)48-29-33-52(34-30-48)66(54-37-38-56-55-17-11-13-19-59(55)64(5,6)60(56)40-54)53-35-31-50(32-36-53)62-57-18-12-14-20-61(57)65(7)63(62)51-15-9-8-10-16-51/h8-38,40,43-44,58H,39,41-42H2,1-7H3. The number of aryl methyl sites for hydroxylation is 1. The monoisotopic (exact) mass is 874 g/mol. The Kier molecular flexibility index (Phi) is 12.1. The summed E-state index contributed by atoms with van der Waals surface area (Å²) in [5, 5.41) is 1.25. The normalized spacial score (nSPS) is 13.3. The molecule has 0 fully saturated rings. The number of rotatable bonds is 14. The van der Waals surface area contributed by atoms with Crippen LogP contribution in [0.3, 0.4) is 0 Å². The molecule has 1 aromatic heterocycles. The Morgan fingerprint density at radius 3 is 1.69 bits per heavy atom. The first-order valence-corrected chi connectivity index (χ1v) is 24.2. The SMILES string of the molecule is CC(C)CC(c1ccc(COCc2ccc(-c3ccc(N(c4ccc(-c5c(-c6ccccc6)n(C)c6ccccc56)cc4)c4ccc5c(c4)C(C)(C)c4ccccc4-5)cc3)cc2)cc1)C(C)C. The number of anilines is 3. The second kappa shape index (κ2) is 18.4. The molecule has 0 bridgehead atoms. The van der Waals surface area contributed by atoms with Crippen molar-refractivity contribution in [2.24, 2.45) is 18.9 Å². The van der Waals surface area contributed by atoms with E-state index in [1.807, 2.05) is 0 Å². The van der Waals surface area contributed by atoms with Crippen LogP contribution in [-0.4, -0.2) is 4.57 Å². The minimum atomic E-state index is -0.114. The molecule has 1 unspecified atom stereocenters. The van der Waals surface area contributed by atoms with Crippen LogP contribution in [0.4, 0.5) is 17.1 Å². The van der Waals surface area contributed by atoms with Gasteiger partial charge in [-0.05, 0) is 128 Å². The highest BCUT2D eigenvalue weighted by atomic mass is 16.5. The van der Waals surface area contributed by atoms with Crippen LogP contribution in [0, 0.1) is 11.8 Å². The lowest BCUT2D eigenvalue weighted by Gasteiger charge is -2.28. The Hall–Kier alpha value is -6.94. The topological polar surface area (TPSA) is 17.4 Å². The maximum absolute atomic E-state index is 6.22. The molecule has 3 nitrogen and oxygen atoms in total. The van der Waals surface area contributed by atoms with Crippen LogP contribution in [0.1, 0.15) is 81.7 Å². The molecule has 0 aliphatic heterocycles. The second-order valence-electron chi connectivity index (χ2n) is 19.9. The van der Waals surface area contributed by atoms with Gasteiger partial charge in [-0.25, -0.2) is 0 Å². The number of hydrogen-bond donors (Lipinski definition) is 0. The summed E-state index contributed by atoms with van der Waals surface area (Å²) >= 11 is 0. The highest BCUT2D eigenvalue weighted by Crippen LogP contribution is 2.51. The molecule has 1 aliphatic rings. The first-order valence-electron chi connectivity index (χ1n) is 24.2. The molecule has 9 aromatic rings. The molecule has 0 saturated carbocycles. The van der Waals surface area contributed by atoms with Gasteiger partial charge in [-0.2, -0.15) is 0 Å². The first kappa shape index (κ1) is 43.9. The van der Waals surface area contributed by atoms with Gasteiger partial charge in [-0.3, -0.25) is 0 Å². The molecular formula is C64H62N2O. The molecule has 1 atom stereocenters. The molecule has 0 amide bonds. The van der Waals surface area contributed by atoms with Gasteiger partial charge in [0.15, 0.2) is 0 Å². The molecule has 67 heavy (non-hydrogen) atoms. The molecule has 1 heterocycles. The summed E-state index contributed by atoms with van der Waals surface area (Å²) in [6, 6.07) is 71.6. The number of ether oxygens (including phenoxy) is 1. The Labute approximate surface area is 398 Å². The summed E-state index contributed by atoms with van der Waals surface area (Å²) < 4.78 is 8.56. The summed E-state index contributed by atoms with van der Waals surface area (Å²) in [7, 11) is 2.18. The van der Waals surface area contributed by atoms with Gasteiger partial charge in [0.25, 0.3) is 0 Å². The lowest BCUT2D eigenvalue weighted by molar-refractivity contribution is 0.107. The third kappa shape index (κ3) is 8.54. The van der Waals surface area contributed by atoms with Crippen LogP contribution in [0.15, 0.2) is 194 Å². The molecule has 334 valence electrons. The predicted octanol–water partition coefficient (Wildman–Crippen LogP) is 17.5. The predicted molar refractivity (Wildman–Crippen MR) is 283 cm³/mol. The Balaban J connectivity index is 0.927. The lowest BCUT2D eigenvalue weighted by atomic mass is 9.82. The van der Waals surface area contributed by atoms with Crippen molar-refractivity contribution in [3.63, 3.8) is 0 Å². The van der Waals surface area contributed by atoms with Gasteiger partial charge in [-0.1, -0.05) is 193 Å². The first-order chi connectivity index (χ1) is 32.5. The van der Waals surface area contributed by atoms with Crippen molar-refractivity contribution >= 4 is 28.0 Å². The van der Waals surface area contributed by atoms with Crippen LogP contribution in [0.5, 0.6) is 0 Å². The highest BCUT2D eigenvalue weighted by Gasteiger charge is 2.36. The molecule has 0 radical (unpaired) electrons. The van der Waals surface area contributed by atoms with Gasteiger partial charge < -0.3 is 14.2 Å². The van der Waals surface area contributed by atoms with E-state index in [9.17, 15) is 0 Å². The summed E-state index contributed by atoms with van der Waals surface area (Å²) in [6.45, 7) is 15.2. The Bertz CT molecular complexity index is 3140. The molecule has 8 aromatic carbocycles. The molecule has 0 N–H and O–H groups in total. The number of hydrogen-bond acceptors (Lipinski definition) is 2. The Morgan fingerprint density at radius 1 is 0.507 bits per heavy atom. The minimum Gasteiger partial charge on any atom is -0.372 e. The average molecular weight is 875 g/mol. The zero-order valence-electron chi connectivity index (χ0n) is 40.1. The van der Waals surface area contributed by atoms with Crippen molar-refractivity contribution in [2.75, 3.05) is 4.90 Å². The van der Waals surface area contributed by atoms with E-state index in [1.54, 1.807) is 0 Å². The van der Waals surface area contributed by atoms with E-state index in [0.717, 1.165) is 17.1 Å². The van der Waals surface area contributed by atoms with E-state index in [0.29, 0.717) is 31.0 Å². The van der Waals surface area contributed by atoms with Crippen LogP contribution in [0.25, 0.3) is 55.5 Å². The summed E-state index contributed by atoms with van der Waals surface area (Å²) in [5.41, 5.74) is 20.9. The minimum absolute atomic E-state index is 0.114. The quantitative estimate of drug-likeness (QED) is 0.108. The number of benzene rings is 8. The lowest BCUT2D eigenvalue weighted by Crippen LogP contribution is -2.16. The summed E-state index contributed by atoms with van der Waals surface area (Å²) in [6.07, 6.45) is 1.22. The van der Waals surface area contributed by atoms with Crippen LogP contribution >= 0.6 is 0 Å².